The van der Waals surface area contributed by atoms with Gasteiger partial charge in [0.2, 0.25) is 0 Å². The Kier molecular flexibility index (Phi) is 5.02. The summed E-state index contributed by atoms with van der Waals surface area (Å²) in [7, 11) is 0. The molecule has 0 N–H and O–H groups in total. The zero-order valence-electron chi connectivity index (χ0n) is 10.9. The predicted molar refractivity (Wildman–Crippen MR) is 65.8 cm³/mol. The number of rotatable bonds is 2. The van der Waals surface area contributed by atoms with Gasteiger partial charge in [0.25, 0.3) is 0 Å². The van der Waals surface area contributed by atoms with E-state index in [1.807, 2.05) is 0 Å². The van der Waals surface area contributed by atoms with Gasteiger partial charge in [-0.25, -0.2) is 0 Å². The molecule has 2 nitrogen and oxygen atoms in total. The minimum atomic E-state index is 0.615. The summed E-state index contributed by atoms with van der Waals surface area (Å²) >= 11 is 0. The van der Waals surface area contributed by atoms with Crippen molar-refractivity contribution in [2.24, 2.45) is 23.7 Å². The Labute approximate surface area is 99.3 Å². The fourth-order valence-corrected chi connectivity index (χ4v) is 2.57. The van der Waals surface area contributed by atoms with E-state index in [9.17, 15) is 0 Å². The van der Waals surface area contributed by atoms with Crippen molar-refractivity contribution in [2.75, 3.05) is 13.2 Å². The monoisotopic (exact) mass is 221 g/mol. The van der Waals surface area contributed by atoms with Crippen LogP contribution in [0.15, 0.2) is 11.6 Å². The van der Waals surface area contributed by atoms with Crippen LogP contribution in [0.4, 0.5) is 0 Å². The third-order valence-corrected chi connectivity index (χ3v) is 3.63. The highest BCUT2D eigenvalue weighted by Gasteiger charge is 2.30. The molecule has 1 fully saturated rings. The molecule has 0 aromatic carbocycles. The Morgan fingerprint density at radius 3 is 2.38 bits per heavy atom. The van der Waals surface area contributed by atoms with E-state index in [2.05, 4.69) is 33.8 Å². The molecule has 2 unspecified atom stereocenters. The van der Waals surface area contributed by atoms with E-state index in [4.69, 9.17) is 10.00 Å². The van der Waals surface area contributed by atoms with Crippen molar-refractivity contribution in [3.63, 3.8) is 0 Å². The van der Waals surface area contributed by atoms with Gasteiger partial charge in [-0.1, -0.05) is 27.7 Å². The topological polar surface area (TPSA) is 33.0 Å². The lowest BCUT2D eigenvalue weighted by Crippen LogP contribution is -2.27. The highest BCUT2D eigenvalue weighted by Crippen LogP contribution is 2.35. The molecule has 1 saturated heterocycles. The maximum absolute atomic E-state index is 8.73. The first-order valence-corrected chi connectivity index (χ1v) is 6.21. The summed E-state index contributed by atoms with van der Waals surface area (Å²) < 4.78 is 5.69. The molecule has 1 aliphatic rings. The van der Waals surface area contributed by atoms with Crippen molar-refractivity contribution < 1.29 is 4.74 Å². The highest BCUT2D eigenvalue weighted by atomic mass is 16.5. The van der Waals surface area contributed by atoms with Gasteiger partial charge in [0.05, 0.1) is 19.3 Å². The normalized spacial score (nSPS) is 29.4. The Hall–Kier alpha value is -0.810. The second-order valence-electron chi connectivity index (χ2n) is 5.47. The van der Waals surface area contributed by atoms with Crippen molar-refractivity contribution in [2.45, 2.75) is 34.1 Å². The standard InChI is InChI=1S/C14H23NO/c1-10(2)13-7-12(5-6-15)8-16-9-14(13)11(3)4/h5,10-11,13-14H,7-9H2,1-4H3/b12-5-. The zero-order chi connectivity index (χ0) is 12.1. The van der Waals surface area contributed by atoms with Crippen LogP contribution < -0.4 is 0 Å². The molecule has 0 aliphatic carbocycles. The number of allylic oxidation sites excluding steroid dienone is 1. The summed E-state index contributed by atoms with van der Waals surface area (Å²) in [6.45, 7) is 10.6. The van der Waals surface area contributed by atoms with Crippen LogP contribution in [-0.2, 0) is 4.74 Å². The summed E-state index contributed by atoms with van der Waals surface area (Å²) in [6.07, 6.45) is 2.69. The number of hydrogen-bond acceptors (Lipinski definition) is 2. The second kappa shape index (κ2) is 6.06. The van der Waals surface area contributed by atoms with E-state index in [0.29, 0.717) is 30.3 Å². The summed E-state index contributed by atoms with van der Waals surface area (Å²) in [5.41, 5.74) is 1.16. The van der Waals surface area contributed by atoms with Gasteiger partial charge in [-0.15, -0.1) is 0 Å². The molecule has 0 spiro atoms. The first kappa shape index (κ1) is 13.3. The van der Waals surface area contributed by atoms with Gasteiger partial charge in [0.15, 0.2) is 0 Å². The molecule has 0 bridgehead atoms. The Morgan fingerprint density at radius 2 is 1.88 bits per heavy atom. The molecule has 0 aromatic rings. The Bertz CT molecular complexity index is 286. The van der Waals surface area contributed by atoms with Gasteiger partial charge in [-0.3, -0.25) is 0 Å². The number of nitriles is 1. The molecule has 1 rings (SSSR count). The summed E-state index contributed by atoms with van der Waals surface area (Å²) in [5.74, 6) is 2.55. The van der Waals surface area contributed by atoms with Crippen LogP contribution >= 0.6 is 0 Å². The molecular formula is C14H23NO. The third-order valence-electron chi connectivity index (χ3n) is 3.63. The fraction of sp³-hybridized carbons (Fsp3) is 0.786. The molecular weight excluding hydrogens is 198 g/mol. The SMILES string of the molecule is CC(C)C1COC/C(=C\C#N)CC1C(C)C. The third kappa shape index (κ3) is 3.35. The van der Waals surface area contributed by atoms with E-state index in [1.165, 1.54) is 0 Å². The quantitative estimate of drug-likeness (QED) is 0.669. The van der Waals surface area contributed by atoms with Gasteiger partial charge in [-0.2, -0.15) is 5.26 Å². The van der Waals surface area contributed by atoms with E-state index in [0.717, 1.165) is 18.6 Å². The van der Waals surface area contributed by atoms with Gasteiger partial charge >= 0.3 is 0 Å². The van der Waals surface area contributed by atoms with Crippen LogP contribution in [0.1, 0.15) is 34.1 Å². The second-order valence-corrected chi connectivity index (χ2v) is 5.47. The first-order chi connectivity index (χ1) is 7.56. The minimum absolute atomic E-state index is 0.615. The smallest absolute Gasteiger partial charge is 0.0912 e. The van der Waals surface area contributed by atoms with Crippen LogP contribution in [-0.4, -0.2) is 13.2 Å². The molecule has 90 valence electrons. The molecule has 0 radical (unpaired) electrons. The first-order valence-electron chi connectivity index (χ1n) is 6.21. The molecule has 0 aromatic heterocycles. The molecule has 2 atom stereocenters. The minimum Gasteiger partial charge on any atom is -0.377 e. The molecule has 1 heterocycles. The van der Waals surface area contributed by atoms with E-state index >= 15 is 0 Å². The summed E-state index contributed by atoms with van der Waals surface area (Å²) in [5, 5.41) is 8.73. The molecule has 16 heavy (non-hydrogen) atoms. The number of nitrogens with zero attached hydrogens (tertiary/aromatic N) is 1. The average Bonchev–Trinajstić information content (AvgIpc) is 2.40. The Balaban J connectivity index is 2.84. The lowest BCUT2D eigenvalue weighted by Gasteiger charge is -2.30. The highest BCUT2D eigenvalue weighted by molar-refractivity contribution is 5.15. The van der Waals surface area contributed by atoms with Crippen molar-refractivity contribution in [1.29, 1.82) is 5.26 Å². The molecule has 0 saturated carbocycles. The number of hydrogen-bond donors (Lipinski definition) is 0. The zero-order valence-corrected chi connectivity index (χ0v) is 10.9. The average molecular weight is 221 g/mol. The van der Waals surface area contributed by atoms with E-state index in [1.54, 1.807) is 6.08 Å². The van der Waals surface area contributed by atoms with Gasteiger partial charge in [0.1, 0.15) is 0 Å². The van der Waals surface area contributed by atoms with Gasteiger partial charge < -0.3 is 4.74 Å². The van der Waals surface area contributed by atoms with Crippen molar-refractivity contribution in [3.05, 3.63) is 11.6 Å². The van der Waals surface area contributed by atoms with Crippen LogP contribution in [0.25, 0.3) is 0 Å². The Morgan fingerprint density at radius 1 is 1.25 bits per heavy atom. The maximum Gasteiger partial charge on any atom is 0.0912 e. The van der Waals surface area contributed by atoms with Gasteiger partial charge in [0, 0.05) is 6.08 Å². The van der Waals surface area contributed by atoms with Crippen LogP contribution in [0, 0.1) is 35.0 Å². The largest absolute Gasteiger partial charge is 0.377 e. The molecule has 2 heteroatoms. The van der Waals surface area contributed by atoms with Crippen LogP contribution in [0.5, 0.6) is 0 Å². The fourth-order valence-electron chi connectivity index (χ4n) is 2.57. The van der Waals surface area contributed by atoms with Crippen LogP contribution in [0.3, 0.4) is 0 Å². The predicted octanol–water partition coefficient (Wildman–Crippen LogP) is 3.40. The van der Waals surface area contributed by atoms with E-state index in [-0.39, 0.29) is 0 Å². The lowest BCUT2D eigenvalue weighted by molar-refractivity contribution is 0.0769. The molecule has 0 amide bonds. The van der Waals surface area contributed by atoms with Gasteiger partial charge in [-0.05, 0) is 35.7 Å². The van der Waals surface area contributed by atoms with E-state index < -0.39 is 0 Å². The van der Waals surface area contributed by atoms with Crippen molar-refractivity contribution in [3.8, 4) is 6.07 Å². The maximum atomic E-state index is 8.73. The van der Waals surface area contributed by atoms with Crippen molar-refractivity contribution >= 4 is 0 Å². The van der Waals surface area contributed by atoms with Crippen LogP contribution in [0.2, 0.25) is 0 Å². The lowest BCUT2D eigenvalue weighted by atomic mass is 9.75. The summed E-state index contributed by atoms with van der Waals surface area (Å²) in [6, 6.07) is 2.13. The summed E-state index contributed by atoms with van der Waals surface area (Å²) in [4.78, 5) is 0. The van der Waals surface area contributed by atoms with Crippen molar-refractivity contribution in [1.82, 2.24) is 0 Å². The molecule has 1 aliphatic heterocycles. The number of ether oxygens (including phenoxy) is 1.